The van der Waals surface area contributed by atoms with Gasteiger partial charge in [-0.15, -0.1) is 5.10 Å². The molecular weight excluding hydrogens is 353 g/mol. The number of carbonyl (C=O) groups is 1. The number of carbonyl (C=O) groups excluding carboxylic acids is 1. The van der Waals surface area contributed by atoms with Crippen molar-refractivity contribution in [3.8, 4) is 5.69 Å². The van der Waals surface area contributed by atoms with Crippen molar-refractivity contribution in [2.24, 2.45) is 0 Å². The summed E-state index contributed by atoms with van der Waals surface area (Å²) >= 11 is 1.22. The molecule has 0 atom stereocenters. The van der Waals surface area contributed by atoms with E-state index in [9.17, 15) is 9.18 Å². The van der Waals surface area contributed by atoms with Crippen LogP contribution in [0.1, 0.15) is 11.1 Å². The van der Waals surface area contributed by atoms with E-state index >= 15 is 0 Å². The molecule has 1 heterocycles. The SMILES string of the molecule is Cc1ccccc1CN(C)C(=O)CSc1nnnn1-c1cccc(F)c1. The van der Waals surface area contributed by atoms with Crippen molar-refractivity contribution in [2.75, 3.05) is 12.8 Å². The van der Waals surface area contributed by atoms with Crippen molar-refractivity contribution in [2.45, 2.75) is 18.6 Å². The van der Waals surface area contributed by atoms with E-state index in [0.29, 0.717) is 17.4 Å². The van der Waals surface area contributed by atoms with Crippen molar-refractivity contribution in [1.82, 2.24) is 25.1 Å². The minimum atomic E-state index is -0.372. The van der Waals surface area contributed by atoms with E-state index in [2.05, 4.69) is 15.5 Å². The van der Waals surface area contributed by atoms with Gasteiger partial charge < -0.3 is 4.90 Å². The predicted molar refractivity (Wildman–Crippen MR) is 97.5 cm³/mol. The predicted octanol–water partition coefficient (Wildman–Crippen LogP) is 2.86. The number of hydrogen-bond donors (Lipinski definition) is 0. The van der Waals surface area contributed by atoms with E-state index in [1.807, 2.05) is 31.2 Å². The van der Waals surface area contributed by atoms with Crippen LogP contribution >= 0.6 is 11.8 Å². The Labute approximate surface area is 155 Å². The van der Waals surface area contributed by atoms with Gasteiger partial charge in [-0.2, -0.15) is 4.68 Å². The minimum Gasteiger partial charge on any atom is -0.341 e. The summed E-state index contributed by atoms with van der Waals surface area (Å²) in [6.45, 7) is 2.57. The van der Waals surface area contributed by atoms with E-state index in [1.54, 1.807) is 24.1 Å². The maximum atomic E-state index is 13.4. The number of nitrogens with zero attached hydrogens (tertiary/aromatic N) is 5. The Kier molecular flexibility index (Phi) is 5.62. The lowest BCUT2D eigenvalue weighted by Crippen LogP contribution is -2.28. The van der Waals surface area contributed by atoms with Crippen LogP contribution in [-0.4, -0.2) is 43.8 Å². The first-order valence-corrected chi connectivity index (χ1v) is 8.99. The van der Waals surface area contributed by atoms with Gasteiger partial charge in [0.25, 0.3) is 0 Å². The molecule has 0 unspecified atom stereocenters. The summed E-state index contributed by atoms with van der Waals surface area (Å²) in [6, 6.07) is 14.0. The Bertz CT molecular complexity index is 914. The normalized spacial score (nSPS) is 10.7. The first kappa shape index (κ1) is 18.1. The topological polar surface area (TPSA) is 63.9 Å². The van der Waals surface area contributed by atoms with Gasteiger partial charge in [0.1, 0.15) is 5.82 Å². The lowest BCUT2D eigenvalue weighted by atomic mass is 10.1. The number of hydrogen-bond acceptors (Lipinski definition) is 5. The minimum absolute atomic E-state index is 0.0351. The molecule has 26 heavy (non-hydrogen) atoms. The van der Waals surface area contributed by atoms with Crippen molar-refractivity contribution < 1.29 is 9.18 Å². The van der Waals surface area contributed by atoms with Gasteiger partial charge in [-0.1, -0.05) is 42.1 Å². The number of thioether (sulfide) groups is 1. The number of aromatic nitrogens is 4. The number of halogens is 1. The van der Waals surface area contributed by atoms with Crippen LogP contribution < -0.4 is 0 Å². The highest BCUT2D eigenvalue weighted by molar-refractivity contribution is 7.99. The lowest BCUT2D eigenvalue weighted by molar-refractivity contribution is -0.127. The van der Waals surface area contributed by atoms with Crippen molar-refractivity contribution in [3.63, 3.8) is 0 Å². The maximum absolute atomic E-state index is 13.4. The van der Waals surface area contributed by atoms with E-state index in [1.165, 1.54) is 28.6 Å². The second-order valence-electron chi connectivity index (χ2n) is 5.82. The number of aryl methyl sites for hydroxylation is 1. The molecule has 0 bridgehead atoms. The molecule has 3 aromatic rings. The van der Waals surface area contributed by atoms with Gasteiger partial charge in [-0.25, -0.2) is 4.39 Å². The molecule has 0 fully saturated rings. The van der Waals surface area contributed by atoms with Gasteiger partial charge in [0.15, 0.2) is 0 Å². The summed E-state index contributed by atoms with van der Waals surface area (Å²) in [7, 11) is 1.77. The molecule has 0 spiro atoms. The Balaban J connectivity index is 1.63. The van der Waals surface area contributed by atoms with Crippen LogP contribution in [0.3, 0.4) is 0 Å². The first-order valence-electron chi connectivity index (χ1n) is 8.00. The molecule has 0 radical (unpaired) electrons. The molecule has 0 aliphatic heterocycles. The summed E-state index contributed by atoms with van der Waals surface area (Å²) in [4.78, 5) is 14.1. The van der Waals surface area contributed by atoms with Gasteiger partial charge in [-0.3, -0.25) is 4.79 Å². The van der Waals surface area contributed by atoms with Crippen LogP contribution in [0.2, 0.25) is 0 Å². The first-order chi connectivity index (χ1) is 12.5. The molecule has 0 saturated carbocycles. The molecule has 0 saturated heterocycles. The molecule has 1 aromatic heterocycles. The number of benzene rings is 2. The molecular formula is C18H18FN5OS. The van der Waals surface area contributed by atoms with Gasteiger partial charge in [0.05, 0.1) is 11.4 Å². The molecule has 3 rings (SSSR count). The highest BCUT2D eigenvalue weighted by atomic mass is 32.2. The fourth-order valence-corrected chi connectivity index (χ4v) is 3.24. The van der Waals surface area contributed by atoms with Crippen LogP contribution in [0.25, 0.3) is 5.69 Å². The summed E-state index contributed by atoms with van der Waals surface area (Å²) in [5.74, 6) is -0.215. The molecule has 6 nitrogen and oxygen atoms in total. The fourth-order valence-electron chi connectivity index (χ4n) is 2.41. The second kappa shape index (κ2) is 8.09. The van der Waals surface area contributed by atoms with Gasteiger partial charge >= 0.3 is 0 Å². The average molecular weight is 371 g/mol. The zero-order chi connectivity index (χ0) is 18.5. The van der Waals surface area contributed by atoms with E-state index < -0.39 is 0 Å². The molecule has 2 aromatic carbocycles. The zero-order valence-electron chi connectivity index (χ0n) is 14.5. The number of amides is 1. The quantitative estimate of drug-likeness (QED) is 0.624. The summed E-state index contributed by atoms with van der Waals surface area (Å²) < 4.78 is 14.8. The molecule has 1 amide bonds. The van der Waals surface area contributed by atoms with E-state index in [0.717, 1.165) is 11.1 Å². The average Bonchev–Trinajstić information content (AvgIpc) is 3.10. The van der Waals surface area contributed by atoms with Crippen LogP contribution in [-0.2, 0) is 11.3 Å². The second-order valence-corrected chi connectivity index (χ2v) is 6.76. The largest absolute Gasteiger partial charge is 0.341 e. The van der Waals surface area contributed by atoms with Crippen molar-refractivity contribution >= 4 is 17.7 Å². The van der Waals surface area contributed by atoms with E-state index in [4.69, 9.17) is 0 Å². The van der Waals surface area contributed by atoms with Crippen LogP contribution in [0, 0.1) is 12.7 Å². The van der Waals surface area contributed by atoms with E-state index in [-0.39, 0.29) is 17.5 Å². The zero-order valence-corrected chi connectivity index (χ0v) is 15.3. The Morgan fingerprint density at radius 2 is 2.04 bits per heavy atom. The molecule has 0 N–H and O–H groups in total. The molecule has 8 heteroatoms. The van der Waals surface area contributed by atoms with Crippen molar-refractivity contribution in [1.29, 1.82) is 0 Å². The van der Waals surface area contributed by atoms with Gasteiger partial charge in [0.2, 0.25) is 11.1 Å². The highest BCUT2D eigenvalue weighted by Crippen LogP contribution is 2.19. The molecule has 0 aliphatic carbocycles. The van der Waals surface area contributed by atoms with Crippen LogP contribution in [0.15, 0.2) is 53.7 Å². The maximum Gasteiger partial charge on any atom is 0.233 e. The van der Waals surface area contributed by atoms with Crippen LogP contribution in [0.5, 0.6) is 0 Å². The summed E-state index contributed by atoms with van der Waals surface area (Å²) in [6.07, 6.45) is 0. The third kappa shape index (κ3) is 4.26. The van der Waals surface area contributed by atoms with Gasteiger partial charge in [0, 0.05) is 13.6 Å². The highest BCUT2D eigenvalue weighted by Gasteiger charge is 2.15. The summed E-state index contributed by atoms with van der Waals surface area (Å²) in [5.41, 5.74) is 2.77. The molecule has 0 aliphatic rings. The monoisotopic (exact) mass is 371 g/mol. The Morgan fingerprint density at radius 3 is 2.81 bits per heavy atom. The van der Waals surface area contributed by atoms with Crippen LogP contribution in [0.4, 0.5) is 4.39 Å². The number of rotatable bonds is 6. The Hall–Kier alpha value is -2.74. The summed E-state index contributed by atoms with van der Waals surface area (Å²) in [5, 5.41) is 11.9. The lowest BCUT2D eigenvalue weighted by Gasteiger charge is -2.18. The third-order valence-electron chi connectivity index (χ3n) is 3.91. The molecule has 134 valence electrons. The number of tetrazole rings is 1. The smallest absolute Gasteiger partial charge is 0.233 e. The van der Waals surface area contributed by atoms with Gasteiger partial charge in [-0.05, 0) is 46.7 Å². The Morgan fingerprint density at radius 1 is 1.23 bits per heavy atom. The van der Waals surface area contributed by atoms with Crippen molar-refractivity contribution in [3.05, 3.63) is 65.5 Å². The standard InChI is InChI=1S/C18H18FN5OS/c1-13-6-3-4-7-14(13)11-23(2)17(25)12-26-18-20-21-22-24(18)16-9-5-8-15(19)10-16/h3-10H,11-12H2,1-2H3. The fraction of sp³-hybridized carbons (Fsp3) is 0.222. The third-order valence-corrected chi connectivity index (χ3v) is 4.82.